The van der Waals surface area contributed by atoms with Crippen molar-refractivity contribution in [3.8, 4) is 0 Å². The monoisotopic (exact) mass is 451 g/mol. The van der Waals surface area contributed by atoms with Crippen molar-refractivity contribution in [2.75, 3.05) is 12.3 Å². The highest BCUT2D eigenvalue weighted by atomic mass is 16.7. The lowest BCUT2D eigenvalue weighted by molar-refractivity contribution is -0.166. The molecule has 14 nitrogen and oxygen atoms in total. The molecule has 0 bridgehead atoms. The molecule has 0 amide bonds. The Balaban J connectivity index is 2.20. The molecule has 3 heterocycles. The molecule has 0 aromatic carbocycles. The summed E-state index contributed by atoms with van der Waals surface area (Å²) in [7, 11) is 0. The number of esters is 3. The largest absolute Gasteiger partial charge is 0.463 e. The van der Waals surface area contributed by atoms with Gasteiger partial charge in [-0.3, -0.25) is 33.5 Å². The van der Waals surface area contributed by atoms with Crippen molar-refractivity contribution in [3.05, 3.63) is 16.2 Å². The minimum Gasteiger partial charge on any atom is -0.463 e. The SMILES string of the molecule is CC(=O)OC[C@H]1O[C@H](n2c(C(C)=O)nc3c(=O)[nH]c(N)nc32)[C@@H](OC(C)=O)[C@H]1OC(C)=O. The number of carbonyl (C=O) groups excluding carboxylic acids is 4. The number of anilines is 1. The van der Waals surface area contributed by atoms with Crippen LogP contribution in [-0.4, -0.2) is 68.1 Å². The number of nitrogen functional groups attached to an aromatic ring is 1. The molecule has 32 heavy (non-hydrogen) atoms. The third kappa shape index (κ3) is 4.44. The van der Waals surface area contributed by atoms with Crippen LogP contribution >= 0.6 is 0 Å². The van der Waals surface area contributed by atoms with E-state index in [0.717, 1.165) is 18.4 Å². The van der Waals surface area contributed by atoms with E-state index in [2.05, 4.69) is 15.0 Å². The topological polar surface area (TPSA) is 195 Å². The maximum absolute atomic E-state index is 12.3. The first kappa shape index (κ1) is 22.9. The average Bonchev–Trinajstić information content (AvgIpc) is 3.18. The van der Waals surface area contributed by atoms with Crippen LogP contribution < -0.4 is 11.3 Å². The number of ketones is 1. The number of hydrogen-bond acceptors (Lipinski definition) is 12. The number of imidazole rings is 1. The van der Waals surface area contributed by atoms with E-state index in [9.17, 15) is 24.0 Å². The number of rotatable bonds is 6. The number of fused-ring (bicyclic) bond motifs is 1. The van der Waals surface area contributed by atoms with E-state index in [0.29, 0.717) is 0 Å². The number of nitrogens with two attached hydrogens (primary N) is 1. The van der Waals surface area contributed by atoms with Gasteiger partial charge in [0, 0.05) is 27.7 Å². The third-order valence-electron chi connectivity index (χ3n) is 4.48. The second-order valence-electron chi connectivity index (χ2n) is 7.00. The van der Waals surface area contributed by atoms with Crippen molar-refractivity contribution < 1.29 is 38.1 Å². The van der Waals surface area contributed by atoms with Crippen LogP contribution in [0.4, 0.5) is 5.95 Å². The molecule has 0 radical (unpaired) electrons. The number of nitrogens with one attached hydrogen (secondary N) is 1. The summed E-state index contributed by atoms with van der Waals surface area (Å²) in [6.45, 7) is 4.29. The average molecular weight is 451 g/mol. The van der Waals surface area contributed by atoms with Gasteiger partial charge in [-0.05, 0) is 0 Å². The molecule has 3 N–H and O–H groups in total. The lowest BCUT2D eigenvalue weighted by Crippen LogP contribution is -2.40. The smallest absolute Gasteiger partial charge is 0.303 e. The molecule has 1 fully saturated rings. The first-order chi connectivity index (χ1) is 15.0. The number of Topliss-reactive ketones (excluding diaryl/α,β-unsaturated/α-hetero) is 1. The summed E-state index contributed by atoms with van der Waals surface area (Å²) in [5, 5.41) is 0. The lowest BCUT2D eigenvalue weighted by atomic mass is 10.1. The van der Waals surface area contributed by atoms with Crippen LogP contribution in [0.5, 0.6) is 0 Å². The predicted octanol–water partition coefficient (Wildman–Crippen LogP) is -0.772. The van der Waals surface area contributed by atoms with E-state index in [4.69, 9.17) is 24.7 Å². The van der Waals surface area contributed by atoms with Gasteiger partial charge >= 0.3 is 17.9 Å². The normalized spacial score (nSPS) is 22.5. The number of carbonyl (C=O) groups is 4. The standard InChI is InChI=1S/C18H21N5O9/c1-6(24)14-20-11-15(21-18(19)22-16(11)28)23(14)17-13(31-9(4)27)12(30-8(3)26)10(32-17)5-29-7(2)25/h10,12-13,17H,5H2,1-4H3,(H3,19,21,22,28)/t10-,12+,13+,17+/m1/s1. The summed E-state index contributed by atoms with van der Waals surface area (Å²) in [6.07, 6.45) is -4.90. The highest BCUT2D eigenvalue weighted by Gasteiger charge is 2.52. The predicted molar refractivity (Wildman–Crippen MR) is 104 cm³/mol. The quantitative estimate of drug-likeness (QED) is 0.317. The maximum atomic E-state index is 12.3. The molecular formula is C18H21N5O9. The van der Waals surface area contributed by atoms with Crippen molar-refractivity contribution in [2.45, 2.75) is 52.2 Å². The Morgan fingerprint density at radius 2 is 1.66 bits per heavy atom. The molecule has 0 unspecified atom stereocenters. The minimum atomic E-state index is -1.32. The van der Waals surface area contributed by atoms with E-state index in [1.54, 1.807) is 0 Å². The fourth-order valence-corrected chi connectivity index (χ4v) is 3.39. The first-order valence-corrected chi connectivity index (χ1v) is 9.41. The molecule has 0 aliphatic carbocycles. The Morgan fingerprint density at radius 1 is 1.03 bits per heavy atom. The van der Waals surface area contributed by atoms with E-state index >= 15 is 0 Å². The Hall–Kier alpha value is -3.81. The first-order valence-electron chi connectivity index (χ1n) is 9.41. The van der Waals surface area contributed by atoms with Gasteiger partial charge in [0.05, 0.1) is 0 Å². The molecule has 172 valence electrons. The summed E-state index contributed by atoms with van der Waals surface area (Å²) >= 11 is 0. The molecule has 3 rings (SSSR count). The molecule has 4 atom stereocenters. The Kier molecular flexibility index (Phi) is 6.25. The Bertz CT molecular complexity index is 1150. The van der Waals surface area contributed by atoms with Crippen LogP contribution in [0.15, 0.2) is 4.79 Å². The van der Waals surface area contributed by atoms with Crippen molar-refractivity contribution in [1.29, 1.82) is 0 Å². The zero-order chi connectivity index (χ0) is 23.7. The molecule has 1 aliphatic rings. The van der Waals surface area contributed by atoms with Crippen molar-refractivity contribution >= 4 is 40.8 Å². The number of hydrogen-bond donors (Lipinski definition) is 2. The molecule has 0 spiro atoms. The number of aromatic amines is 1. The number of ether oxygens (including phenoxy) is 4. The molecule has 14 heteroatoms. The van der Waals surface area contributed by atoms with Crippen molar-refractivity contribution in [2.24, 2.45) is 0 Å². The molecule has 1 saturated heterocycles. The van der Waals surface area contributed by atoms with Gasteiger partial charge in [0.15, 0.2) is 41.2 Å². The van der Waals surface area contributed by atoms with Crippen LogP contribution in [-0.2, 0) is 33.3 Å². The second kappa shape index (κ2) is 8.74. The molecule has 1 aliphatic heterocycles. The number of H-pyrrole nitrogens is 1. The summed E-state index contributed by atoms with van der Waals surface area (Å²) < 4.78 is 22.7. The Labute approximate surface area is 180 Å². The maximum Gasteiger partial charge on any atom is 0.303 e. The zero-order valence-corrected chi connectivity index (χ0v) is 17.6. The van der Waals surface area contributed by atoms with Crippen LogP contribution in [0.2, 0.25) is 0 Å². The van der Waals surface area contributed by atoms with Crippen LogP contribution in [0, 0.1) is 0 Å². The molecule has 2 aromatic rings. The summed E-state index contributed by atoms with van der Waals surface area (Å²) in [6, 6.07) is 0. The van der Waals surface area contributed by atoms with Gasteiger partial charge < -0.3 is 24.7 Å². The van der Waals surface area contributed by atoms with Gasteiger partial charge in [-0.15, -0.1) is 0 Å². The summed E-state index contributed by atoms with van der Waals surface area (Å²) in [4.78, 5) is 69.8. The molecule has 0 saturated carbocycles. The summed E-state index contributed by atoms with van der Waals surface area (Å²) in [5.41, 5.74) is 4.62. The minimum absolute atomic E-state index is 0.117. The highest BCUT2D eigenvalue weighted by Crippen LogP contribution is 2.36. The van der Waals surface area contributed by atoms with Crippen LogP contribution in [0.3, 0.4) is 0 Å². The van der Waals surface area contributed by atoms with E-state index in [1.165, 1.54) is 13.8 Å². The Morgan fingerprint density at radius 3 is 2.22 bits per heavy atom. The molecule has 2 aromatic heterocycles. The van der Waals surface area contributed by atoms with Crippen molar-refractivity contribution in [1.82, 2.24) is 19.5 Å². The van der Waals surface area contributed by atoms with Gasteiger partial charge in [0.2, 0.25) is 5.95 Å². The van der Waals surface area contributed by atoms with Gasteiger partial charge in [0.25, 0.3) is 5.56 Å². The van der Waals surface area contributed by atoms with E-state index in [-0.39, 0.29) is 29.5 Å². The van der Waals surface area contributed by atoms with Gasteiger partial charge in [-0.1, -0.05) is 0 Å². The lowest BCUT2D eigenvalue weighted by Gasteiger charge is -2.24. The van der Waals surface area contributed by atoms with E-state index < -0.39 is 53.8 Å². The fourth-order valence-electron chi connectivity index (χ4n) is 3.39. The van der Waals surface area contributed by atoms with Crippen LogP contribution in [0.25, 0.3) is 11.2 Å². The van der Waals surface area contributed by atoms with E-state index in [1.807, 2.05) is 0 Å². The van der Waals surface area contributed by atoms with Crippen molar-refractivity contribution in [3.63, 3.8) is 0 Å². The highest BCUT2D eigenvalue weighted by molar-refractivity contribution is 5.94. The van der Waals surface area contributed by atoms with Crippen LogP contribution in [0.1, 0.15) is 44.5 Å². The zero-order valence-electron chi connectivity index (χ0n) is 17.6. The number of nitrogens with zero attached hydrogens (tertiary/aromatic N) is 3. The second-order valence-corrected chi connectivity index (χ2v) is 7.00. The third-order valence-corrected chi connectivity index (χ3v) is 4.48. The fraction of sp³-hybridized carbons (Fsp3) is 0.500. The van der Waals surface area contributed by atoms with Gasteiger partial charge in [0.1, 0.15) is 12.7 Å². The van der Waals surface area contributed by atoms with Gasteiger partial charge in [-0.25, -0.2) is 4.98 Å². The summed E-state index contributed by atoms with van der Waals surface area (Å²) in [5.74, 6) is -3.13. The molecular weight excluding hydrogens is 430 g/mol. The number of aromatic nitrogens is 4. The van der Waals surface area contributed by atoms with Gasteiger partial charge in [-0.2, -0.15) is 4.98 Å².